The minimum absolute atomic E-state index is 0.532. The van der Waals surface area contributed by atoms with Gasteiger partial charge in [-0.2, -0.15) is 0 Å². The monoisotopic (exact) mass is 186 g/mol. The molecule has 0 N–H and O–H groups in total. The van der Waals surface area contributed by atoms with E-state index in [-0.39, 0.29) is 0 Å². The number of alkyl halides is 1. The highest BCUT2D eigenvalue weighted by molar-refractivity contribution is 4.82. The number of hydrogen-bond donors (Lipinski definition) is 0. The zero-order chi connectivity index (χ0) is 10.0. The van der Waals surface area contributed by atoms with Crippen molar-refractivity contribution in [1.29, 1.82) is 0 Å². The summed E-state index contributed by atoms with van der Waals surface area (Å²) in [7, 11) is 0. The summed E-state index contributed by atoms with van der Waals surface area (Å²) in [6, 6.07) is 0. The molecule has 1 rings (SSSR count). The molecule has 13 heavy (non-hydrogen) atoms. The van der Waals surface area contributed by atoms with E-state index in [9.17, 15) is 4.39 Å². The van der Waals surface area contributed by atoms with Gasteiger partial charge in [0.1, 0.15) is 6.17 Å². The summed E-state index contributed by atoms with van der Waals surface area (Å²) in [5.74, 6) is 2.63. The highest BCUT2D eigenvalue weighted by atomic mass is 19.1. The van der Waals surface area contributed by atoms with Crippen LogP contribution < -0.4 is 0 Å². The summed E-state index contributed by atoms with van der Waals surface area (Å²) < 4.78 is 13.3. The summed E-state index contributed by atoms with van der Waals surface area (Å²) in [5.41, 5.74) is 0. The van der Waals surface area contributed by atoms with Gasteiger partial charge in [0.25, 0.3) is 0 Å². The summed E-state index contributed by atoms with van der Waals surface area (Å²) in [4.78, 5) is 0. The van der Waals surface area contributed by atoms with Gasteiger partial charge in [-0.15, -0.1) is 0 Å². The van der Waals surface area contributed by atoms with Gasteiger partial charge < -0.3 is 0 Å². The molecule has 0 nitrogen and oxygen atoms in total. The maximum absolute atomic E-state index is 13.3. The first-order valence-corrected chi connectivity index (χ1v) is 5.64. The van der Waals surface area contributed by atoms with Gasteiger partial charge in [0.15, 0.2) is 0 Å². The lowest BCUT2D eigenvalue weighted by Gasteiger charge is -2.36. The highest BCUT2D eigenvalue weighted by Crippen LogP contribution is 2.38. The predicted molar refractivity (Wildman–Crippen MR) is 55.4 cm³/mol. The third-order valence-corrected chi connectivity index (χ3v) is 3.60. The lowest BCUT2D eigenvalue weighted by atomic mass is 9.70. The average Bonchev–Trinajstić information content (AvgIpc) is 1.98. The van der Waals surface area contributed by atoms with Crippen molar-refractivity contribution in [3.63, 3.8) is 0 Å². The van der Waals surface area contributed by atoms with E-state index in [1.54, 1.807) is 0 Å². The Morgan fingerprint density at radius 2 is 1.85 bits per heavy atom. The fraction of sp³-hybridized carbons (Fsp3) is 1.00. The molecular weight excluding hydrogens is 163 g/mol. The zero-order valence-electron chi connectivity index (χ0n) is 9.39. The van der Waals surface area contributed by atoms with E-state index in [0.29, 0.717) is 17.8 Å². The lowest BCUT2D eigenvalue weighted by Crippen LogP contribution is -2.31. The second kappa shape index (κ2) is 4.43. The number of halogens is 1. The molecule has 1 aliphatic rings. The molecule has 78 valence electrons. The van der Waals surface area contributed by atoms with E-state index in [1.807, 2.05) is 0 Å². The maximum Gasteiger partial charge on any atom is 0.101 e. The molecule has 0 amide bonds. The third kappa shape index (κ3) is 2.96. The van der Waals surface area contributed by atoms with Crippen LogP contribution in [0.15, 0.2) is 0 Å². The third-order valence-electron chi connectivity index (χ3n) is 3.60. The van der Waals surface area contributed by atoms with Crippen molar-refractivity contribution < 1.29 is 4.39 Å². The van der Waals surface area contributed by atoms with Crippen LogP contribution in [0.4, 0.5) is 4.39 Å². The minimum atomic E-state index is -0.532. The van der Waals surface area contributed by atoms with Gasteiger partial charge in [0.2, 0.25) is 0 Å². The Hall–Kier alpha value is -0.0700. The Kier molecular flexibility index (Phi) is 3.75. The van der Waals surface area contributed by atoms with Crippen molar-refractivity contribution in [2.24, 2.45) is 23.7 Å². The molecule has 0 bridgehead atoms. The molecule has 0 aliphatic heterocycles. The van der Waals surface area contributed by atoms with Gasteiger partial charge in [-0.25, -0.2) is 4.39 Å². The van der Waals surface area contributed by atoms with Crippen molar-refractivity contribution in [2.45, 2.75) is 53.1 Å². The maximum atomic E-state index is 13.3. The molecule has 0 aromatic rings. The second-order valence-electron chi connectivity index (χ2n) is 5.29. The largest absolute Gasteiger partial charge is 0.247 e. The van der Waals surface area contributed by atoms with E-state index in [0.717, 1.165) is 18.8 Å². The smallest absolute Gasteiger partial charge is 0.101 e. The fourth-order valence-corrected chi connectivity index (χ4v) is 2.64. The Morgan fingerprint density at radius 1 is 1.23 bits per heavy atom. The summed E-state index contributed by atoms with van der Waals surface area (Å²) >= 11 is 0. The molecule has 0 radical (unpaired) electrons. The highest BCUT2D eigenvalue weighted by Gasteiger charge is 2.32. The molecule has 3 unspecified atom stereocenters. The van der Waals surface area contributed by atoms with Crippen LogP contribution in [-0.4, -0.2) is 6.17 Å². The lowest BCUT2D eigenvalue weighted by molar-refractivity contribution is 0.0862. The molecule has 0 heterocycles. The number of rotatable bonds is 2. The Bertz CT molecular complexity index is 151. The summed E-state index contributed by atoms with van der Waals surface area (Å²) in [6.07, 6.45) is 2.26. The summed E-state index contributed by atoms with van der Waals surface area (Å²) in [6.45, 7) is 8.96. The van der Waals surface area contributed by atoms with Gasteiger partial charge in [-0.3, -0.25) is 0 Å². The van der Waals surface area contributed by atoms with Crippen LogP contribution in [0.1, 0.15) is 47.0 Å². The van der Waals surface area contributed by atoms with Crippen LogP contribution in [0, 0.1) is 23.7 Å². The molecule has 1 saturated carbocycles. The van der Waals surface area contributed by atoms with Gasteiger partial charge in [-0.1, -0.05) is 27.7 Å². The van der Waals surface area contributed by atoms with Crippen molar-refractivity contribution in [1.82, 2.24) is 0 Å². The van der Waals surface area contributed by atoms with Crippen molar-refractivity contribution in [3.05, 3.63) is 0 Å². The Morgan fingerprint density at radius 3 is 2.38 bits per heavy atom. The number of hydrogen-bond acceptors (Lipinski definition) is 0. The minimum Gasteiger partial charge on any atom is -0.247 e. The van der Waals surface area contributed by atoms with Crippen LogP contribution >= 0.6 is 0 Å². The van der Waals surface area contributed by atoms with Crippen molar-refractivity contribution in [2.75, 3.05) is 0 Å². The van der Waals surface area contributed by atoms with E-state index < -0.39 is 6.17 Å². The van der Waals surface area contributed by atoms with E-state index >= 15 is 0 Å². The quantitative estimate of drug-likeness (QED) is 0.610. The topological polar surface area (TPSA) is 0 Å². The fourth-order valence-electron chi connectivity index (χ4n) is 2.64. The van der Waals surface area contributed by atoms with Crippen LogP contribution in [0.25, 0.3) is 0 Å². The van der Waals surface area contributed by atoms with E-state index in [2.05, 4.69) is 27.7 Å². The summed E-state index contributed by atoms with van der Waals surface area (Å²) in [5, 5.41) is 0. The first-order chi connectivity index (χ1) is 6.00. The average molecular weight is 186 g/mol. The van der Waals surface area contributed by atoms with Gasteiger partial charge in [0.05, 0.1) is 0 Å². The van der Waals surface area contributed by atoms with Crippen molar-refractivity contribution >= 4 is 0 Å². The molecule has 1 aliphatic carbocycles. The first kappa shape index (κ1) is 11.0. The van der Waals surface area contributed by atoms with E-state index in [1.165, 1.54) is 6.42 Å². The molecule has 1 heteroatoms. The molecular formula is C12H23F. The Labute approximate surface area is 81.9 Å². The molecule has 0 saturated heterocycles. The van der Waals surface area contributed by atoms with Crippen molar-refractivity contribution in [3.8, 4) is 0 Å². The van der Waals surface area contributed by atoms with Crippen LogP contribution in [-0.2, 0) is 0 Å². The van der Waals surface area contributed by atoms with Gasteiger partial charge >= 0.3 is 0 Å². The van der Waals surface area contributed by atoms with Crippen LogP contribution in [0.5, 0.6) is 0 Å². The van der Waals surface area contributed by atoms with Crippen LogP contribution in [0.3, 0.4) is 0 Å². The molecule has 0 aromatic heterocycles. The molecule has 4 atom stereocenters. The van der Waals surface area contributed by atoms with E-state index in [4.69, 9.17) is 0 Å². The zero-order valence-corrected chi connectivity index (χ0v) is 9.39. The molecule has 0 spiro atoms. The predicted octanol–water partition coefficient (Wildman–Crippen LogP) is 4.05. The first-order valence-electron chi connectivity index (χ1n) is 5.64. The Balaban J connectivity index is 2.50. The SMILES string of the molecule is CC(C)CC1C[C@@H](F)CC(C)C1C. The van der Waals surface area contributed by atoms with Crippen LogP contribution in [0.2, 0.25) is 0 Å². The van der Waals surface area contributed by atoms with Gasteiger partial charge in [0, 0.05) is 0 Å². The normalized spacial score (nSPS) is 41.1. The molecule has 1 fully saturated rings. The molecule has 0 aromatic carbocycles. The van der Waals surface area contributed by atoms with Gasteiger partial charge in [-0.05, 0) is 42.9 Å². The second-order valence-corrected chi connectivity index (χ2v) is 5.29. The standard InChI is InChI=1S/C12H23F/c1-8(2)5-11-7-12(13)6-9(3)10(11)4/h8-12H,5-7H2,1-4H3/t9?,10?,11?,12-/m0/s1.